The molecule has 0 spiro atoms. The van der Waals surface area contributed by atoms with Gasteiger partial charge in [0.15, 0.2) is 11.2 Å². The molecule has 40 heavy (non-hydrogen) atoms. The van der Waals surface area contributed by atoms with Gasteiger partial charge in [-0.2, -0.15) is 4.89 Å². The van der Waals surface area contributed by atoms with Crippen molar-refractivity contribution in [1.29, 1.82) is 0 Å². The summed E-state index contributed by atoms with van der Waals surface area (Å²) in [6.45, 7) is 15.8. The van der Waals surface area contributed by atoms with E-state index < -0.39 is 5.44 Å². The molecule has 2 aliphatic rings. The number of phenolic OH excluding ortho intramolecular Hbond substituents is 1. The zero-order chi connectivity index (χ0) is 29.2. The van der Waals surface area contributed by atoms with Crippen LogP contribution in [0.3, 0.4) is 0 Å². The predicted octanol–water partition coefficient (Wildman–Crippen LogP) is 5.76. The zero-order valence-electron chi connectivity index (χ0n) is 25.1. The van der Waals surface area contributed by atoms with Crippen molar-refractivity contribution in [2.24, 2.45) is 0 Å². The standard InChI is InChI=1S/C31H44N2O6S/c1-30(2,3)23-16-21(17-24(26(23)34)31(4,5)6)28-33(27(35)29(36-8)40-28)13-9-12-32(7)14-15-37-22-11-10-20-19-38-39-25(20)18-22/h10-11,16-18,28-29,34H,9,12-15,19H2,1-8H3. The van der Waals surface area contributed by atoms with Gasteiger partial charge in [-0.15, -0.1) is 0 Å². The molecule has 1 N–H and O–H groups in total. The van der Waals surface area contributed by atoms with Crippen LogP contribution in [0.15, 0.2) is 30.3 Å². The Morgan fingerprint density at radius 2 is 1.75 bits per heavy atom. The number of fused-ring (bicyclic) bond motifs is 1. The number of aromatic hydroxyl groups is 1. The fourth-order valence-electron chi connectivity index (χ4n) is 5.00. The second kappa shape index (κ2) is 12.2. The van der Waals surface area contributed by atoms with Crippen LogP contribution < -0.4 is 9.62 Å². The molecule has 0 aliphatic carbocycles. The van der Waals surface area contributed by atoms with Gasteiger partial charge in [-0.25, -0.2) is 0 Å². The van der Waals surface area contributed by atoms with E-state index in [2.05, 4.69) is 65.6 Å². The molecule has 1 amide bonds. The smallest absolute Gasteiger partial charge is 0.263 e. The van der Waals surface area contributed by atoms with Crippen molar-refractivity contribution in [2.45, 2.75) is 76.2 Å². The number of thioether (sulfide) groups is 1. The number of carbonyl (C=O) groups is 1. The number of phenols is 1. The summed E-state index contributed by atoms with van der Waals surface area (Å²) in [7, 11) is 3.65. The Morgan fingerprint density at radius 1 is 1.07 bits per heavy atom. The van der Waals surface area contributed by atoms with Crippen molar-refractivity contribution < 1.29 is 29.1 Å². The van der Waals surface area contributed by atoms with Gasteiger partial charge in [0.25, 0.3) is 5.91 Å². The lowest BCUT2D eigenvalue weighted by atomic mass is 9.78. The number of benzene rings is 2. The first-order valence-electron chi connectivity index (χ1n) is 13.9. The van der Waals surface area contributed by atoms with Crippen LogP contribution in [-0.4, -0.2) is 66.6 Å². The lowest BCUT2D eigenvalue weighted by molar-refractivity contribution is -0.194. The molecule has 9 heteroatoms. The van der Waals surface area contributed by atoms with Crippen LogP contribution in [-0.2, 0) is 31.9 Å². The Morgan fingerprint density at radius 3 is 2.38 bits per heavy atom. The molecule has 1 fully saturated rings. The van der Waals surface area contributed by atoms with Gasteiger partial charge in [-0.05, 0) is 71.8 Å². The summed E-state index contributed by atoms with van der Waals surface area (Å²) in [4.78, 5) is 27.6. The van der Waals surface area contributed by atoms with Crippen LogP contribution >= 0.6 is 11.8 Å². The lowest BCUT2D eigenvalue weighted by Gasteiger charge is -2.31. The molecule has 220 valence electrons. The number of hydrogen-bond acceptors (Lipinski definition) is 8. The van der Waals surface area contributed by atoms with Crippen LogP contribution in [0.4, 0.5) is 0 Å². The average Bonchev–Trinajstić information content (AvgIpc) is 3.46. The summed E-state index contributed by atoms with van der Waals surface area (Å²) in [5.41, 5.74) is 2.80. The van der Waals surface area contributed by atoms with Crippen LogP contribution in [0.2, 0.25) is 0 Å². The van der Waals surface area contributed by atoms with Crippen molar-refractivity contribution >= 4 is 17.7 Å². The minimum atomic E-state index is -0.539. The molecular formula is C31H44N2O6S. The van der Waals surface area contributed by atoms with Gasteiger partial charge < -0.3 is 29.3 Å². The van der Waals surface area contributed by atoms with E-state index in [1.807, 2.05) is 23.1 Å². The second-order valence-electron chi connectivity index (χ2n) is 12.7. The van der Waals surface area contributed by atoms with Crippen molar-refractivity contribution in [2.75, 3.05) is 40.4 Å². The molecule has 2 aromatic carbocycles. The SMILES string of the molecule is COC1SC(c2cc(C(C)(C)C)c(O)c(C(C)(C)C)c2)N(CCCN(C)CCOc2ccc3c(c2)OOC3)C1=O. The molecule has 2 aromatic rings. The molecule has 0 bridgehead atoms. The molecule has 2 atom stereocenters. The third kappa shape index (κ3) is 6.87. The normalized spacial score (nSPS) is 19.3. The number of methoxy groups -OCH3 is 1. The third-order valence-corrected chi connectivity index (χ3v) is 8.78. The topological polar surface area (TPSA) is 80.7 Å². The summed E-state index contributed by atoms with van der Waals surface area (Å²) in [6.07, 6.45) is 0.816. The maximum Gasteiger partial charge on any atom is 0.263 e. The van der Waals surface area contributed by atoms with Crippen LogP contribution in [0.1, 0.15) is 75.6 Å². The molecule has 2 aliphatic heterocycles. The first-order valence-corrected chi connectivity index (χ1v) is 14.8. The summed E-state index contributed by atoms with van der Waals surface area (Å²) < 4.78 is 11.5. The lowest BCUT2D eigenvalue weighted by Crippen LogP contribution is -2.35. The van der Waals surface area contributed by atoms with Crippen molar-refractivity contribution in [3.05, 3.63) is 52.6 Å². The maximum atomic E-state index is 13.3. The Balaban J connectivity index is 1.40. The second-order valence-corrected chi connectivity index (χ2v) is 13.8. The number of nitrogens with zero attached hydrogens (tertiary/aromatic N) is 2. The number of rotatable bonds is 10. The summed E-state index contributed by atoms with van der Waals surface area (Å²) >= 11 is 1.52. The molecule has 2 heterocycles. The fourth-order valence-corrected chi connectivity index (χ4v) is 6.25. The molecule has 0 saturated carbocycles. The predicted molar refractivity (Wildman–Crippen MR) is 158 cm³/mol. The number of ether oxygens (including phenoxy) is 2. The van der Waals surface area contributed by atoms with Gasteiger partial charge in [0.05, 0.1) is 0 Å². The Labute approximate surface area is 242 Å². The Bertz CT molecular complexity index is 1170. The summed E-state index contributed by atoms with van der Waals surface area (Å²) in [6, 6.07) is 9.88. The van der Waals surface area contributed by atoms with Crippen molar-refractivity contribution in [3.8, 4) is 17.2 Å². The molecule has 8 nitrogen and oxygen atoms in total. The van der Waals surface area contributed by atoms with Crippen LogP contribution in [0.25, 0.3) is 0 Å². The number of amides is 1. The molecule has 0 aromatic heterocycles. The summed E-state index contributed by atoms with van der Waals surface area (Å²) in [5, 5.41) is 11.0. The van der Waals surface area contributed by atoms with Crippen LogP contribution in [0.5, 0.6) is 17.2 Å². The first kappa shape index (κ1) is 30.5. The highest BCUT2D eigenvalue weighted by molar-refractivity contribution is 8.01. The van der Waals surface area contributed by atoms with Gasteiger partial charge >= 0.3 is 0 Å². The average molecular weight is 573 g/mol. The quantitative estimate of drug-likeness (QED) is 0.360. The van der Waals surface area contributed by atoms with Crippen molar-refractivity contribution in [1.82, 2.24) is 9.80 Å². The minimum absolute atomic E-state index is 0.00557. The highest BCUT2D eigenvalue weighted by Gasteiger charge is 2.42. The third-order valence-electron chi connectivity index (χ3n) is 7.35. The highest BCUT2D eigenvalue weighted by Crippen LogP contribution is 2.48. The molecule has 2 unspecified atom stereocenters. The Kier molecular flexibility index (Phi) is 9.29. The van der Waals surface area contributed by atoms with E-state index in [4.69, 9.17) is 19.2 Å². The number of likely N-dealkylation sites (N-methyl/N-ethyl adjacent to an activating group) is 1. The minimum Gasteiger partial charge on any atom is -0.507 e. The fraction of sp³-hybridized carbons (Fsp3) is 0.581. The number of hydrogen-bond donors (Lipinski definition) is 1. The van der Waals surface area contributed by atoms with Gasteiger partial charge in [-0.1, -0.05) is 53.3 Å². The maximum absolute atomic E-state index is 13.3. The monoisotopic (exact) mass is 572 g/mol. The Hall–Kier alpha value is -2.46. The first-order chi connectivity index (χ1) is 18.8. The van der Waals surface area contributed by atoms with E-state index >= 15 is 0 Å². The van der Waals surface area contributed by atoms with E-state index in [9.17, 15) is 9.90 Å². The van der Waals surface area contributed by atoms with E-state index in [0.717, 1.165) is 47.5 Å². The van der Waals surface area contributed by atoms with E-state index in [-0.39, 0.29) is 22.1 Å². The van der Waals surface area contributed by atoms with Crippen LogP contribution in [0, 0.1) is 0 Å². The van der Waals surface area contributed by atoms with Gasteiger partial charge in [0, 0.05) is 31.8 Å². The van der Waals surface area contributed by atoms with E-state index in [0.29, 0.717) is 31.3 Å². The summed E-state index contributed by atoms with van der Waals surface area (Å²) in [5.74, 6) is 1.80. The van der Waals surface area contributed by atoms with Gasteiger partial charge in [0.2, 0.25) is 0 Å². The van der Waals surface area contributed by atoms with Gasteiger partial charge in [0.1, 0.15) is 30.1 Å². The highest BCUT2D eigenvalue weighted by atomic mass is 32.2. The van der Waals surface area contributed by atoms with Gasteiger partial charge in [-0.3, -0.25) is 4.79 Å². The zero-order valence-corrected chi connectivity index (χ0v) is 25.9. The molecule has 0 radical (unpaired) electrons. The molecule has 4 rings (SSSR count). The number of carbonyl (C=O) groups excluding carboxylic acids is 1. The molecule has 1 saturated heterocycles. The largest absolute Gasteiger partial charge is 0.507 e. The molecular weight excluding hydrogens is 528 g/mol. The van der Waals surface area contributed by atoms with E-state index in [1.165, 1.54) is 11.8 Å². The van der Waals surface area contributed by atoms with Crippen molar-refractivity contribution in [3.63, 3.8) is 0 Å². The van der Waals surface area contributed by atoms with E-state index in [1.54, 1.807) is 7.11 Å².